The van der Waals surface area contributed by atoms with Crippen LogP contribution in [-0.2, 0) is 0 Å². The third-order valence-electron chi connectivity index (χ3n) is 7.08. The monoisotopic (exact) mass is 514 g/mol. The molecule has 0 aromatic carbocycles. The summed E-state index contributed by atoms with van der Waals surface area (Å²) in [4.78, 5) is 0. The first-order valence-corrected chi connectivity index (χ1v) is 15.0. The Morgan fingerprint density at radius 1 is 0.556 bits per heavy atom. The second kappa shape index (κ2) is 10.1. The molecule has 4 heterocycles. The van der Waals surface area contributed by atoms with Gasteiger partial charge < -0.3 is 17.7 Å². The summed E-state index contributed by atoms with van der Waals surface area (Å²) in [5, 5.41) is 0. The van der Waals surface area contributed by atoms with Crippen molar-refractivity contribution in [2.45, 2.75) is 25.2 Å². The lowest BCUT2D eigenvalue weighted by Crippen LogP contribution is -2.28. The van der Waals surface area contributed by atoms with Crippen LogP contribution in [0, 0.1) is 11.8 Å². The molecule has 0 saturated carbocycles. The standard InChI is InChI=1S/C30H28O4P2/c1-21(35(27-13-5-17-31-27)28-14-6-18-32-28)23-9-3-11-25(23)26-12-4-10-24(26)22(2)36(29-15-7-19-33-29)30-16-8-20-34-30/h3-22,25-26H,1-2H3/t21-,22-,25?,26?/m1/s1. The Labute approximate surface area is 213 Å². The second-order valence-electron chi connectivity index (χ2n) is 9.05. The number of hydrogen-bond donors (Lipinski definition) is 0. The molecule has 4 aromatic heterocycles. The highest BCUT2D eigenvalue weighted by molar-refractivity contribution is 7.73. The molecule has 4 atom stereocenters. The molecule has 0 fully saturated rings. The van der Waals surface area contributed by atoms with Gasteiger partial charge in [-0.25, -0.2) is 0 Å². The Hall–Kier alpha value is -3.06. The summed E-state index contributed by atoms with van der Waals surface area (Å²) in [6.07, 6.45) is 20.8. The van der Waals surface area contributed by atoms with E-state index in [1.54, 1.807) is 25.1 Å². The zero-order valence-electron chi connectivity index (χ0n) is 20.2. The number of allylic oxidation sites excluding steroid dienone is 8. The van der Waals surface area contributed by atoms with Gasteiger partial charge in [0.2, 0.25) is 0 Å². The van der Waals surface area contributed by atoms with Crippen LogP contribution in [0.1, 0.15) is 13.8 Å². The van der Waals surface area contributed by atoms with E-state index in [4.69, 9.17) is 17.7 Å². The lowest BCUT2D eigenvalue weighted by molar-refractivity contribution is 0.579. The van der Waals surface area contributed by atoms with Gasteiger partial charge in [0.15, 0.2) is 0 Å². The average Bonchev–Trinajstić information content (AvgIpc) is 3.74. The van der Waals surface area contributed by atoms with Gasteiger partial charge in [-0.1, -0.05) is 61.4 Å². The fraction of sp³-hybridized carbons (Fsp3) is 0.200. The Kier molecular flexibility index (Phi) is 6.57. The summed E-state index contributed by atoms with van der Waals surface area (Å²) >= 11 is 0. The molecule has 2 aliphatic rings. The maximum atomic E-state index is 5.91. The third-order valence-corrected chi connectivity index (χ3v) is 12.1. The molecule has 2 aliphatic carbocycles. The summed E-state index contributed by atoms with van der Waals surface area (Å²) < 4.78 is 23.6. The fourth-order valence-electron chi connectivity index (χ4n) is 5.41. The van der Waals surface area contributed by atoms with Crippen LogP contribution in [0.25, 0.3) is 0 Å². The first-order valence-electron chi connectivity index (χ1n) is 12.2. The maximum absolute atomic E-state index is 5.91. The highest BCUT2D eigenvalue weighted by Crippen LogP contribution is 2.52. The van der Waals surface area contributed by atoms with Crippen molar-refractivity contribution in [3.8, 4) is 0 Å². The molecule has 6 rings (SSSR count). The van der Waals surface area contributed by atoms with Gasteiger partial charge in [-0.2, -0.15) is 0 Å². The van der Waals surface area contributed by atoms with E-state index in [9.17, 15) is 0 Å². The van der Waals surface area contributed by atoms with Crippen LogP contribution in [-0.4, -0.2) is 11.3 Å². The van der Waals surface area contributed by atoms with Crippen LogP contribution in [0.3, 0.4) is 0 Å². The first-order chi connectivity index (χ1) is 17.7. The first kappa shape index (κ1) is 23.3. The molecule has 0 amide bonds. The van der Waals surface area contributed by atoms with E-state index in [2.05, 4.69) is 74.6 Å². The molecule has 0 bridgehead atoms. The van der Waals surface area contributed by atoms with Gasteiger partial charge in [0.05, 0.1) is 25.1 Å². The summed E-state index contributed by atoms with van der Waals surface area (Å²) in [7, 11) is -1.61. The van der Waals surface area contributed by atoms with Gasteiger partial charge in [0.25, 0.3) is 0 Å². The molecule has 36 heavy (non-hydrogen) atoms. The van der Waals surface area contributed by atoms with E-state index in [1.165, 1.54) is 11.1 Å². The van der Waals surface area contributed by atoms with Crippen LogP contribution in [0.5, 0.6) is 0 Å². The van der Waals surface area contributed by atoms with E-state index < -0.39 is 15.8 Å². The molecule has 0 aliphatic heterocycles. The normalized spacial score (nSPS) is 20.9. The molecule has 6 heteroatoms. The topological polar surface area (TPSA) is 52.6 Å². The van der Waals surface area contributed by atoms with E-state index in [0.29, 0.717) is 0 Å². The van der Waals surface area contributed by atoms with Crippen LogP contribution in [0.2, 0.25) is 0 Å². The van der Waals surface area contributed by atoms with Crippen molar-refractivity contribution < 1.29 is 17.7 Å². The SMILES string of the molecule is C[C@H](C1=CC=CC1C1C=CC=C1[C@@H](C)P(c1ccco1)c1ccco1)P(c1ccco1)c1ccco1. The average molecular weight is 514 g/mol. The van der Waals surface area contributed by atoms with Crippen molar-refractivity contribution in [3.63, 3.8) is 0 Å². The Morgan fingerprint density at radius 3 is 1.17 bits per heavy atom. The highest BCUT2D eigenvalue weighted by atomic mass is 31.1. The molecule has 0 spiro atoms. The summed E-state index contributed by atoms with van der Waals surface area (Å²) in [5.74, 6) is 0.569. The van der Waals surface area contributed by atoms with Crippen molar-refractivity contribution in [3.05, 3.63) is 121 Å². The van der Waals surface area contributed by atoms with Crippen LogP contribution >= 0.6 is 15.8 Å². The van der Waals surface area contributed by atoms with Crippen molar-refractivity contribution >= 4 is 37.8 Å². The van der Waals surface area contributed by atoms with Gasteiger partial charge in [0, 0.05) is 39.0 Å². The number of furan rings is 4. The summed E-state index contributed by atoms with van der Waals surface area (Å²) in [5.41, 5.74) is 7.33. The zero-order chi connectivity index (χ0) is 24.5. The molecule has 0 radical (unpaired) electrons. The number of hydrogen-bond acceptors (Lipinski definition) is 4. The molecule has 0 N–H and O–H groups in total. The quantitative estimate of drug-likeness (QED) is 0.236. The van der Waals surface area contributed by atoms with Gasteiger partial charge in [0.1, 0.15) is 22.0 Å². The smallest absolute Gasteiger partial charge is 0.133 e. The van der Waals surface area contributed by atoms with Gasteiger partial charge in [-0.15, -0.1) is 0 Å². The zero-order valence-corrected chi connectivity index (χ0v) is 22.0. The maximum Gasteiger partial charge on any atom is 0.133 e. The van der Waals surface area contributed by atoms with E-state index in [0.717, 1.165) is 22.0 Å². The minimum atomic E-state index is -0.803. The predicted octanol–water partition coefficient (Wildman–Crippen LogP) is 6.63. The lowest BCUT2D eigenvalue weighted by atomic mass is 9.82. The minimum Gasteiger partial charge on any atom is -0.464 e. The molecule has 182 valence electrons. The number of rotatable bonds is 9. The van der Waals surface area contributed by atoms with Crippen molar-refractivity contribution in [2.24, 2.45) is 11.8 Å². The molecule has 4 aromatic rings. The predicted molar refractivity (Wildman–Crippen MR) is 148 cm³/mol. The third kappa shape index (κ3) is 4.23. The highest BCUT2D eigenvalue weighted by Gasteiger charge is 2.39. The van der Waals surface area contributed by atoms with E-state index in [-0.39, 0.29) is 23.2 Å². The van der Waals surface area contributed by atoms with Crippen LogP contribution in [0.15, 0.2) is 139 Å². The van der Waals surface area contributed by atoms with Crippen molar-refractivity contribution in [1.29, 1.82) is 0 Å². The Bertz CT molecular complexity index is 1200. The molecule has 2 unspecified atom stereocenters. The largest absolute Gasteiger partial charge is 0.464 e. The van der Waals surface area contributed by atoms with E-state index >= 15 is 0 Å². The Balaban J connectivity index is 1.30. The van der Waals surface area contributed by atoms with Crippen molar-refractivity contribution in [1.82, 2.24) is 0 Å². The lowest BCUT2D eigenvalue weighted by Gasteiger charge is -2.33. The van der Waals surface area contributed by atoms with Gasteiger partial charge in [-0.3, -0.25) is 0 Å². The van der Waals surface area contributed by atoms with Crippen LogP contribution < -0.4 is 22.0 Å². The van der Waals surface area contributed by atoms with Gasteiger partial charge in [-0.05, 0) is 48.5 Å². The fourth-order valence-corrected chi connectivity index (χ4v) is 10.2. The molecular formula is C30H28O4P2. The molecule has 0 saturated heterocycles. The van der Waals surface area contributed by atoms with Crippen molar-refractivity contribution in [2.75, 3.05) is 0 Å². The molecular weight excluding hydrogens is 486 g/mol. The summed E-state index contributed by atoms with van der Waals surface area (Å²) in [6, 6.07) is 16.2. The minimum absolute atomic E-state index is 0.263. The van der Waals surface area contributed by atoms with E-state index in [1.807, 2.05) is 24.3 Å². The molecule has 4 nitrogen and oxygen atoms in total. The van der Waals surface area contributed by atoms with Gasteiger partial charge >= 0.3 is 0 Å². The summed E-state index contributed by atoms with van der Waals surface area (Å²) in [6.45, 7) is 4.62. The Morgan fingerprint density at radius 2 is 0.889 bits per heavy atom. The second-order valence-corrected chi connectivity index (χ2v) is 13.8. The van der Waals surface area contributed by atoms with Crippen LogP contribution in [0.4, 0.5) is 0 Å².